The van der Waals surface area contributed by atoms with E-state index in [-0.39, 0.29) is 5.82 Å². The van der Waals surface area contributed by atoms with E-state index in [1.165, 1.54) is 12.1 Å². The number of rotatable bonds is 9. The maximum Gasteiger partial charge on any atom is 0.158 e. The normalized spacial score (nSPS) is 13.9. The lowest BCUT2D eigenvalue weighted by atomic mass is 10.1. The summed E-state index contributed by atoms with van der Waals surface area (Å²) < 4.78 is 19.1. The van der Waals surface area contributed by atoms with Gasteiger partial charge in [-0.25, -0.2) is 4.39 Å². The molecule has 0 saturated heterocycles. The zero-order valence-corrected chi connectivity index (χ0v) is 19.5. The van der Waals surface area contributed by atoms with Crippen molar-refractivity contribution in [2.45, 2.75) is 33.2 Å². The molecule has 0 fully saturated rings. The Balaban J connectivity index is 1.44. The number of allylic oxidation sites excluding steroid dienone is 1. The summed E-state index contributed by atoms with van der Waals surface area (Å²) in [6, 6.07) is 16.4. The van der Waals surface area contributed by atoms with Gasteiger partial charge < -0.3 is 9.84 Å². The predicted octanol–water partition coefficient (Wildman–Crippen LogP) is 6.40. The zero-order valence-electron chi connectivity index (χ0n) is 19.5. The van der Waals surface area contributed by atoms with Gasteiger partial charge in [0.1, 0.15) is 18.1 Å². The van der Waals surface area contributed by atoms with Gasteiger partial charge in [-0.2, -0.15) is 5.10 Å². The standard InChI is InChI=1S/C27H28FN5O/c1-4-5-13-29-24-11-9-21(10-12-24)26-15-25(34-32-26)17-33-18-27(19(2)16-30-33)31-20(3)22-7-6-8-23(28)14-22/h6-12,14-16,18,29H,2,4-5,13,17H2,1,3H3. The molecule has 0 unspecified atom stereocenters. The van der Waals surface area contributed by atoms with Gasteiger partial charge in [0.25, 0.3) is 0 Å². The van der Waals surface area contributed by atoms with E-state index in [4.69, 9.17) is 4.52 Å². The van der Waals surface area contributed by atoms with Gasteiger partial charge in [0, 0.05) is 35.1 Å². The number of benzene rings is 2. The van der Waals surface area contributed by atoms with Crippen molar-refractivity contribution in [3.63, 3.8) is 0 Å². The molecule has 1 N–H and O–H groups in total. The van der Waals surface area contributed by atoms with E-state index in [1.54, 1.807) is 23.5 Å². The van der Waals surface area contributed by atoms with Gasteiger partial charge in [-0.1, -0.05) is 49.3 Å². The zero-order chi connectivity index (χ0) is 23.9. The summed E-state index contributed by atoms with van der Waals surface area (Å²) in [5.74, 6) is 0.376. The third-order valence-electron chi connectivity index (χ3n) is 5.41. The second-order valence-corrected chi connectivity index (χ2v) is 8.13. The minimum absolute atomic E-state index is 0.296. The number of hydrogen-bond acceptors (Lipinski definition) is 6. The first kappa shape index (κ1) is 23.2. The fourth-order valence-electron chi connectivity index (χ4n) is 3.46. The third kappa shape index (κ3) is 5.86. The monoisotopic (exact) mass is 457 g/mol. The predicted molar refractivity (Wildman–Crippen MR) is 135 cm³/mol. The highest BCUT2D eigenvalue weighted by Crippen LogP contribution is 2.24. The summed E-state index contributed by atoms with van der Waals surface area (Å²) in [7, 11) is 0. The summed E-state index contributed by atoms with van der Waals surface area (Å²) in [4.78, 5) is 4.63. The van der Waals surface area contributed by atoms with E-state index in [2.05, 4.69) is 34.1 Å². The quantitative estimate of drug-likeness (QED) is 0.298. The van der Waals surface area contributed by atoms with Crippen LogP contribution in [0.15, 0.2) is 93.3 Å². The van der Waals surface area contributed by atoms with Gasteiger partial charge >= 0.3 is 0 Å². The number of hydrogen-bond donors (Lipinski definition) is 1. The molecule has 2 heterocycles. The SMILES string of the molecule is C=C1C=NN(Cc2cc(-c3ccc(NCCCC)cc3)no2)C=C1N=C(C)c1cccc(F)c1. The first-order valence-corrected chi connectivity index (χ1v) is 11.3. The van der Waals surface area contributed by atoms with Crippen molar-refractivity contribution in [1.29, 1.82) is 0 Å². The Hall–Kier alpha value is -4.00. The molecule has 1 aliphatic rings. The van der Waals surface area contributed by atoms with E-state index in [9.17, 15) is 4.39 Å². The summed E-state index contributed by atoms with van der Waals surface area (Å²) in [5, 5.41) is 13.7. The highest BCUT2D eigenvalue weighted by molar-refractivity contribution is 6.00. The molecule has 1 aromatic heterocycles. The molecule has 4 rings (SSSR count). The van der Waals surface area contributed by atoms with Gasteiger partial charge in [0.05, 0.1) is 18.1 Å². The van der Waals surface area contributed by atoms with Gasteiger partial charge in [-0.05, 0) is 43.2 Å². The minimum Gasteiger partial charge on any atom is -0.385 e. The van der Waals surface area contributed by atoms with Crippen molar-refractivity contribution in [2.75, 3.05) is 11.9 Å². The third-order valence-corrected chi connectivity index (χ3v) is 5.41. The van der Waals surface area contributed by atoms with Crippen molar-refractivity contribution < 1.29 is 8.91 Å². The van der Waals surface area contributed by atoms with Gasteiger partial charge in [0.2, 0.25) is 0 Å². The van der Waals surface area contributed by atoms with Crippen molar-refractivity contribution in [3.8, 4) is 11.3 Å². The van der Waals surface area contributed by atoms with Gasteiger partial charge in [0.15, 0.2) is 5.76 Å². The molecule has 0 radical (unpaired) electrons. The second kappa shape index (κ2) is 10.7. The second-order valence-electron chi connectivity index (χ2n) is 8.13. The molecule has 2 aromatic carbocycles. The summed E-state index contributed by atoms with van der Waals surface area (Å²) >= 11 is 0. The number of nitrogens with zero attached hydrogens (tertiary/aromatic N) is 4. The average Bonchev–Trinajstić information content (AvgIpc) is 3.30. The van der Waals surface area contributed by atoms with Crippen molar-refractivity contribution in [2.24, 2.45) is 10.1 Å². The lowest BCUT2D eigenvalue weighted by molar-refractivity contribution is 0.305. The van der Waals surface area contributed by atoms with Crippen LogP contribution in [0.3, 0.4) is 0 Å². The Labute approximate surface area is 199 Å². The number of hydrazone groups is 1. The lowest BCUT2D eigenvalue weighted by Gasteiger charge is -2.18. The maximum absolute atomic E-state index is 13.6. The van der Waals surface area contributed by atoms with Crippen LogP contribution in [0.25, 0.3) is 11.3 Å². The Bertz CT molecular complexity index is 1240. The van der Waals surface area contributed by atoms with Crippen LogP contribution in [-0.4, -0.2) is 28.6 Å². The number of halogens is 1. The van der Waals surface area contributed by atoms with Crippen LogP contribution in [0.2, 0.25) is 0 Å². The highest BCUT2D eigenvalue weighted by atomic mass is 19.1. The number of unbranched alkanes of at least 4 members (excludes halogenated alkanes) is 1. The Morgan fingerprint density at radius 3 is 2.76 bits per heavy atom. The van der Waals surface area contributed by atoms with Crippen LogP contribution < -0.4 is 5.32 Å². The van der Waals surface area contributed by atoms with E-state index in [0.29, 0.717) is 34.9 Å². The van der Waals surface area contributed by atoms with Crippen LogP contribution in [0.1, 0.15) is 38.0 Å². The number of anilines is 1. The van der Waals surface area contributed by atoms with Crippen LogP contribution in [0.5, 0.6) is 0 Å². The molecule has 0 spiro atoms. The Kier molecular flexibility index (Phi) is 7.32. The minimum atomic E-state index is -0.296. The summed E-state index contributed by atoms with van der Waals surface area (Å²) in [6.07, 6.45) is 5.76. The molecule has 0 amide bonds. The molecule has 0 atom stereocenters. The van der Waals surface area contributed by atoms with E-state index in [1.807, 2.05) is 43.3 Å². The molecule has 7 heteroatoms. The van der Waals surface area contributed by atoms with Crippen LogP contribution in [-0.2, 0) is 6.54 Å². The van der Waals surface area contributed by atoms with Crippen molar-refractivity contribution in [3.05, 3.63) is 95.8 Å². The van der Waals surface area contributed by atoms with Crippen molar-refractivity contribution in [1.82, 2.24) is 10.2 Å². The molecule has 0 bridgehead atoms. The molecule has 3 aromatic rings. The maximum atomic E-state index is 13.6. The molecular formula is C27H28FN5O. The molecular weight excluding hydrogens is 429 g/mol. The largest absolute Gasteiger partial charge is 0.385 e. The fraction of sp³-hybridized carbons (Fsp3) is 0.222. The number of nitrogens with one attached hydrogen (secondary N) is 1. The van der Waals surface area contributed by atoms with Gasteiger partial charge in [-0.15, -0.1) is 0 Å². The van der Waals surface area contributed by atoms with Crippen LogP contribution in [0, 0.1) is 5.82 Å². The van der Waals surface area contributed by atoms with Crippen molar-refractivity contribution >= 4 is 17.6 Å². The summed E-state index contributed by atoms with van der Waals surface area (Å²) in [5.41, 5.74) is 5.59. The van der Waals surface area contributed by atoms with Crippen LogP contribution >= 0.6 is 0 Å². The molecule has 34 heavy (non-hydrogen) atoms. The van der Waals surface area contributed by atoms with Crippen LogP contribution in [0.4, 0.5) is 10.1 Å². The topological polar surface area (TPSA) is 66.0 Å². The highest BCUT2D eigenvalue weighted by Gasteiger charge is 2.14. The smallest absolute Gasteiger partial charge is 0.158 e. The first-order valence-electron chi connectivity index (χ1n) is 11.3. The Morgan fingerprint density at radius 2 is 2.00 bits per heavy atom. The molecule has 1 aliphatic heterocycles. The molecule has 0 aliphatic carbocycles. The molecule has 6 nitrogen and oxygen atoms in total. The van der Waals surface area contributed by atoms with E-state index in [0.717, 1.165) is 36.3 Å². The fourth-order valence-corrected chi connectivity index (χ4v) is 3.46. The summed E-state index contributed by atoms with van der Waals surface area (Å²) in [6.45, 7) is 9.39. The molecule has 174 valence electrons. The lowest BCUT2D eigenvalue weighted by Crippen LogP contribution is -2.15. The average molecular weight is 458 g/mol. The number of aliphatic imine (C=N–C) groups is 1. The first-order chi connectivity index (χ1) is 16.5. The van der Waals surface area contributed by atoms with E-state index < -0.39 is 0 Å². The molecule has 0 saturated carbocycles. The van der Waals surface area contributed by atoms with E-state index >= 15 is 0 Å². The Morgan fingerprint density at radius 1 is 1.18 bits per heavy atom. The number of aromatic nitrogens is 1. The van der Waals surface area contributed by atoms with Gasteiger partial charge in [-0.3, -0.25) is 10.0 Å².